The van der Waals surface area contributed by atoms with E-state index in [-0.39, 0.29) is 0 Å². The van der Waals surface area contributed by atoms with E-state index in [1.54, 1.807) is 16.7 Å². The van der Waals surface area contributed by atoms with Crippen molar-refractivity contribution in [3.05, 3.63) is 33.9 Å². The van der Waals surface area contributed by atoms with Crippen LogP contribution in [-0.2, 0) is 0 Å². The van der Waals surface area contributed by atoms with Crippen molar-refractivity contribution in [3.8, 4) is 0 Å². The molecule has 0 amide bonds. The first-order chi connectivity index (χ1) is 13.8. The lowest BCUT2D eigenvalue weighted by molar-refractivity contribution is 0.277. The maximum absolute atomic E-state index is 6.30. The van der Waals surface area contributed by atoms with Crippen LogP contribution in [0.5, 0.6) is 0 Å². The van der Waals surface area contributed by atoms with E-state index in [1.165, 1.54) is 58.0 Å². The first-order valence-corrected chi connectivity index (χ1v) is 12.3. The molecule has 0 bridgehead atoms. The summed E-state index contributed by atoms with van der Waals surface area (Å²) in [5, 5.41) is 4.35. The van der Waals surface area contributed by atoms with Gasteiger partial charge in [0.2, 0.25) is 0 Å². The summed E-state index contributed by atoms with van der Waals surface area (Å²) < 4.78 is 0. The molecular formula is C26H47ClN2. The van der Waals surface area contributed by atoms with Crippen LogP contribution in [0, 0.1) is 5.41 Å². The molecule has 0 saturated heterocycles. The summed E-state index contributed by atoms with van der Waals surface area (Å²) >= 11 is 6.30. The van der Waals surface area contributed by atoms with Crippen LogP contribution in [0.4, 0.5) is 0 Å². The Kier molecular flexibility index (Phi) is 13.2. The van der Waals surface area contributed by atoms with Gasteiger partial charge in [-0.05, 0) is 81.5 Å². The zero-order chi connectivity index (χ0) is 21.7. The molecule has 1 aliphatic carbocycles. The lowest BCUT2D eigenvalue weighted by Gasteiger charge is -2.28. The van der Waals surface area contributed by atoms with Crippen molar-refractivity contribution in [2.45, 2.75) is 92.4 Å². The number of rotatable bonds is 12. The molecule has 29 heavy (non-hydrogen) atoms. The summed E-state index contributed by atoms with van der Waals surface area (Å²) in [6.45, 7) is 16.4. The van der Waals surface area contributed by atoms with Crippen molar-refractivity contribution in [2.75, 3.05) is 33.2 Å². The molecule has 2 nitrogen and oxygen atoms in total. The maximum Gasteiger partial charge on any atom is 0.0144 e. The Balaban J connectivity index is 3.14. The van der Waals surface area contributed by atoms with E-state index in [0.29, 0.717) is 5.41 Å². The fraction of sp³-hybridized carbons (Fsp3) is 0.769. The number of hydrogen-bond donors (Lipinski definition) is 1. The van der Waals surface area contributed by atoms with Crippen LogP contribution in [0.1, 0.15) is 92.4 Å². The molecule has 0 aromatic carbocycles. The van der Waals surface area contributed by atoms with Crippen molar-refractivity contribution >= 4 is 11.6 Å². The van der Waals surface area contributed by atoms with E-state index in [0.717, 1.165) is 31.0 Å². The van der Waals surface area contributed by atoms with Crippen LogP contribution < -0.4 is 5.32 Å². The molecule has 0 radical (unpaired) electrons. The number of nitrogens with zero attached hydrogens (tertiary/aromatic N) is 1. The standard InChI is InChI=1S/C26H47ClN2/c1-7-11-22(16-19-29(18-8-2)20-17-28-6)25(21-26(3,4)5)23-12-9-14-24(27)15-10-13-23/h12,14,28H,7-11,13,15-21H2,1-6H3/b23-12+,24-14+,25-22-. The van der Waals surface area contributed by atoms with Gasteiger partial charge in [0.05, 0.1) is 0 Å². The number of hydrogen-bond acceptors (Lipinski definition) is 2. The molecule has 1 rings (SSSR count). The Hall–Kier alpha value is -0.570. The van der Waals surface area contributed by atoms with Crippen LogP contribution in [0.15, 0.2) is 33.9 Å². The lowest BCUT2D eigenvalue weighted by Crippen LogP contribution is -2.32. The molecule has 0 heterocycles. The normalized spacial score (nSPS) is 20.4. The molecule has 1 aliphatic rings. The quantitative estimate of drug-likeness (QED) is 0.351. The summed E-state index contributed by atoms with van der Waals surface area (Å²) in [6, 6.07) is 0. The molecule has 0 atom stereocenters. The second kappa shape index (κ2) is 14.4. The van der Waals surface area contributed by atoms with Crippen LogP contribution in [0.25, 0.3) is 0 Å². The number of halogens is 1. The molecular weight excluding hydrogens is 376 g/mol. The minimum absolute atomic E-state index is 0.306. The Morgan fingerprint density at radius 1 is 1.03 bits per heavy atom. The highest BCUT2D eigenvalue weighted by Crippen LogP contribution is 2.36. The summed E-state index contributed by atoms with van der Waals surface area (Å²) in [5.41, 5.74) is 5.27. The van der Waals surface area contributed by atoms with Crippen molar-refractivity contribution in [2.24, 2.45) is 5.41 Å². The third-order valence-corrected chi connectivity index (χ3v) is 5.93. The van der Waals surface area contributed by atoms with Gasteiger partial charge in [0.15, 0.2) is 0 Å². The highest BCUT2D eigenvalue weighted by atomic mass is 35.5. The summed E-state index contributed by atoms with van der Waals surface area (Å²) in [5.74, 6) is 0. The van der Waals surface area contributed by atoms with Gasteiger partial charge in [0, 0.05) is 24.7 Å². The maximum atomic E-state index is 6.30. The summed E-state index contributed by atoms with van der Waals surface area (Å²) in [4.78, 5) is 2.63. The second-order valence-electron chi connectivity index (χ2n) is 9.73. The van der Waals surface area contributed by atoms with E-state index in [1.807, 2.05) is 0 Å². The smallest absolute Gasteiger partial charge is 0.0144 e. The van der Waals surface area contributed by atoms with Crippen LogP contribution >= 0.6 is 11.6 Å². The monoisotopic (exact) mass is 422 g/mol. The summed E-state index contributed by atoms with van der Waals surface area (Å²) in [7, 11) is 2.05. The molecule has 1 N–H and O–H groups in total. The second-order valence-corrected chi connectivity index (χ2v) is 10.2. The lowest BCUT2D eigenvalue weighted by atomic mass is 9.79. The van der Waals surface area contributed by atoms with Crippen LogP contribution in [0.3, 0.4) is 0 Å². The van der Waals surface area contributed by atoms with Gasteiger partial charge in [-0.2, -0.15) is 0 Å². The van der Waals surface area contributed by atoms with Crippen LogP contribution in [-0.4, -0.2) is 38.1 Å². The Morgan fingerprint density at radius 3 is 2.41 bits per heavy atom. The van der Waals surface area contributed by atoms with E-state index >= 15 is 0 Å². The van der Waals surface area contributed by atoms with Crippen molar-refractivity contribution in [1.29, 1.82) is 0 Å². The van der Waals surface area contributed by atoms with Crippen molar-refractivity contribution in [3.63, 3.8) is 0 Å². The van der Waals surface area contributed by atoms with Gasteiger partial charge >= 0.3 is 0 Å². The van der Waals surface area contributed by atoms with E-state index in [2.05, 4.69) is 64.0 Å². The highest BCUT2D eigenvalue weighted by Gasteiger charge is 2.20. The molecule has 0 aromatic rings. The van der Waals surface area contributed by atoms with E-state index < -0.39 is 0 Å². The summed E-state index contributed by atoms with van der Waals surface area (Å²) in [6.07, 6.45) is 15.1. The third kappa shape index (κ3) is 11.4. The predicted molar refractivity (Wildman–Crippen MR) is 132 cm³/mol. The van der Waals surface area contributed by atoms with Gasteiger partial charge in [0.1, 0.15) is 0 Å². The molecule has 0 saturated carbocycles. The number of allylic oxidation sites excluding steroid dienone is 5. The first-order valence-electron chi connectivity index (χ1n) is 11.9. The van der Waals surface area contributed by atoms with Gasteiger partial charge in [-0.3, -0.25) is 0 Å². The Labute approximate surface area is 186 Å². The van der Waals surface area contributed by atoms with Gasteiger partial charge < -0.3 is 10.2 Å². The Morgan fingerprint density at radius 2 is 1.79 bits per heavy atom. The average molecular weight is 423 g/mol. The molecule has 3 heteroatoms. The van der Waals surface area contributed by atoms with E-state index in [9.17, 15) is 0 Å². The first kappa shape index (κ1) is 26.5. The van der Waals surface area contributed by atoms with Crippen molar-refractivity contribution in [1.82, 2.24) is 10.2 Å². The zero-order valence-corrected chi connectivity index (χ0v) is 20.9. The van der Waals surface area contributed by atoms with Crippen LogP contribution in [0.2, 0.25) is 0 Å². The molecule has 0 aliphatic heterocycles. The topological polar surface area (TPSA) is 15.3 Å². The van der Waals surface area contributed by atoms with Gasteiger partial charge in [0.25, 0.3) is 0 Å². The fourth-order valence-electron chi connectivity index (χ4n) is 4.19. The minimum atomic E-state index is 0.306. The van der Waals surface area contributed by atoms with Gasteiger partial charge in [-0.25, -0.2) is 0 Å². The Bertz CT molecular complexity index is 552. The zero-order valence-electron chi connectivity index (χ0n) is 20.2. The fourth-order valence-corrected chi connectivity index (χ4v) is 4.42. The number of nitrogens with one attached hydrogen (secondary N) is 1. The molecule has 0 aromatic heterocycles. The SMILES string of the molecule is CCC/C(CCN(CCC)CCNC)=C(CC(C)(C)C)/C1=C/C/C=C(/Cl)CCC1. The average Bonchev–Trinajstić information content (AvgIpc) is 2.63. The molecule has 0 spiro atoms. The van der Waals surface area contributed by atoms with Gasteiger partial charge in [-0.1, -0.05) is 70.4 Å². The van der Waals surface area contributed by atoms with Gasteiger partial charge in [-0.15, -0.1) is 0 Å². The van der Waals surface area contributed by atoms with E-state index in [4.69, 9.17) is 11.6 Å². The van der Waals surface area contributed by atoms with Crippen molar-refractivity contribution < 1.29 is 0 Å². The number of likely N-dealkylation sites (N-methyl/N-ethyl adjacent to an activating group) is 1. The predicted octanol–water partition coefficient (Wildman–Crippen LogP) is 7.46. The minimum Gasteiger partial charge on any atom is -0.318 e. The largest absolute Gasteiger partial charge is 0.318 e. The molecule has 168 valence electrons. The molecule has 0 unspecified atom stereocenters. The third-order valence-electron chi connectivity index (χ3n) is 5.59. The molecule has 0 fully saturated rings. The highest BCUT2D eigenvalue weighted by molar-refractivity contribution is 6.29.